The average molecular weight is 451 g/mol. The molecule has 1 N–H and O–H groups in total. The standard InChI is InChI=1S/C18H18ClF3N2O4S/c1-24(29(2,26)27)10-12-3-6-14(7-4-12)28-11-17(25)23-16-8-5-13(19)9-15(16)18(20,21)22/h3-9H,10-11H2,1-2H3,(H,23,25). The van der Waals surface area contributed by atoms with Crippen molar-refractivity contribution >= 4 is 33.2 Å². The number of halogens is 4. The van der Waals surface area contributed by atoms with E-state index in [1.54, 1.807) is 12.1 Å². The number of ether oxygens (including phenoxy) is 1. The predicted molar refractivity (Wildman–Crippen MR) is 103 cm³/mol. The number of anilines is 1. The first-order chi connectivity index (χ1) is 13.4. The summed E-state index contributed by atoms with van der Waals surface area (Å²) in [4.78, 5) is 12.0. The average Bonchev–Trinajstić information content (AvgIpc) is 2.61. The Morgan fingerprint density at radius 3 is 2.34 bits per heavy atom. The molecule has 0 fully saturated rings. The third-order valence-electron chi connectivity index (χ3n) is 3.83. The Kier molecular flexibility index (Phi) is 7.15. The van der Waals surface area contributed by atoms with Gasteiger partial charge in [-0.15, -0.1) is 0 Å². The van der Waals surface area contributed by atoms with Crippen molar-refractivity contribution in [2.45, 2.75) is 12.7 Å². The Bertz CT molecular complexity index is 980. The number of hydrogen-bond donors (Lipinski definition) is 1. The van der Waals surface area contributed by atoms with Crippen molar-refractivity contribution in [2.24, 2.45) is 0 Å². The van der Waals surface area contributed by atoms with Gasteiger partial charge in [-0.25, -0.2) is 12.7 Å². The number of rotatable bonds is 7. The molecule has 29 heavy (non-hydrogen) atoms. The number of amides is 1. The fraction of sp³-hybridized carbons (Fsp3) is 0.278. The quantitative estimate of drug-likeness (QED) is 0.696. The predicted octanol–water partition coefficient (Wildman–Crippen LogP) is 3.77. The Morgan fingerprint density at radius 2 is 1.79 bits per heavy atom. The molecule has 2 rings (SSSR count). The molecular formula is C18H18ClF3N2O4S. The lowest BCUT2D eigenvalue weighted by atomic mass is 10.1. The van der Waals surface area contributed by atoms with E-state index in [-0.39, 0.29) is 11.6 Å². The first kappa shape index (κ1) is 23.0. The van der Waals surface area contributed by atoms with Gasteiger partial charge in [-0.2, -0.15) is 13.2 Å². The van der Waals surface area contributed by atoms with E-state index in [9.17, 15) is 26.4 Å². The minimum absolute atomic E-state index is 0.104. The van der Waals surface area contributed by atoms with Crippen LogP contribution in [0.2, 0.25) is 5.02 Å². The maximum Gasteiger partial charge on any atom is 0.418 e. The van der Waals surface area contributed by atoms with Crippen LogP contribution in [0.3, 0.4) is 0 Å². The highest BCUT2D eigenvalue weighted by atomic mass is 35.5. The van der Waals surface area contributed by atoms with E-state index in [1.165, 1.54) is 29.6 Å². The number of alkyl halides is 3. The van der Waals surface area contributed by atoms with Crippen LogP contribution in [0.15, 0.2) is 42.5 Å². The van der Waals surface area contributed by atoms with Crippen molar-refractivity contribution in [1.29, 1.82) is 0 Å². The summed E-state index contributed by atoms with van der Waals surface area (Å²) in [5, 5.41) is 2.05. The second kappa shape index (κ2) is 9.02. The molecule has 1 amide bonds. The smallest absolute Gasteiger partial charge is 0.418 e. The van der Waals surface area contributed by atoms with Crippen LogP contribution in [0.4, 0.5) is 18.9 Å². The lowest BCUT2D eigenvalue weighted by Gasteiger charge is -2.15. The van der Waals surface area contributed by atoms with Gasteiger partial charge in [0.1, 0.15) is 5.75 Å². The highest BCUT2D eigenvalue weighted by Gasteiger charge is 2.34. The third-order valence-corrected chi connectivity index (χ3v) is 5.32. The first-order valence-electron chi connectivity index (χ1n) is 8.16. The van der Waals surface area contributed by atoms with E-state index >= 15 is 0 Å². The van der Waals surface area contributed by atoms with Gasteiger partial charge >= 0.3 is 6.18 Å². The van der Waals surface area contributed by atoms with Crippen LogP contribution in [0.25, 0.3) is 0 Å². The first-order valence-corrected chi connectivity index (χ1v) is 10.4. The highest BCUT2D eigenvalue weighted by molar-refractivity contribution is 7.88. The molecule has 2 aromatic carbocycles. The number of nitrogens with one attached hydrogen (secondary N) is 1. The second-order valence-electron chi connectivity index (χ2n) is 6.19. The van der Waals surface area contributed by atoms with Crippen molar-refractivity contribution in [3.63, 3.8) is 0 Å². The molecule has 0 aliphatic carbocycles. The molecule has 0 aliphatic rings. The van der Waals surface area contributed by atoms with Gasteiger partial charge in [0.25, 0.3) is 5.91 Å². The van der Waals surface area contributed by atoms with Gasteiger partial charge in [0.2, 0.25) is 10.0 Å². The maximum atomic E-state index is 13.0. The maximum absolute atomic E-state index is 13.0. The van der Waals surface area contributed by atoms with Crippen LogP contribution in [-0.2, 0) is 27.5 Å². The van der Waals surface area contributed by atoms with Crippen LogP contribution >= 0.6 is 11.6 Å². The zero-order valence-corrected chi connectivity index (χ0v) is 17.0. The highest BCUT2D eigenvalue weighted by Crippen LogP contribution is 2.36. The second-order valence-corrected chi connectivity index (χ2v) is 8.71. The normalized spacial score (nSPS) is 12.1. The molecule has 0 bridgehead atoms. The number of hydrogen-bond acceptors (Lipinski definition) is 4. The molecule has 0 aliphatic heterocycles. The number of benzene rings is 2. The lowest BCUT2D eigenvalue weighted by Crippen LogP contribution is -2.24. The van der Waals surface area contributed by atoms with Gasteiger partial charge < -0.3 is 10.1 Å². The van der Waals surface area contributed by atoms with Crippen molar-refractivity contribution < 1.29 is 31.1 Å². The minimum atomic E-state index is -4.68. The molecule has 0 aromatic heterocycles. The zero-order valence-electron chi connectivity index (χ0n) is 15.5. The van der Waals surface area contributed by atoms with Gasteiger partial charge in [0.05, 0.1) is 17.5 Å². The number of carbonyl (C=O) groups excluding carboxylic acids is 1. The van der Waals surface area contributed by atoms with Crippen LogP contribution in [-0.4, -0.2) is 38.5 Å². The molecule has 158 valence electrons. The molecule has 2 aromatic rings. The Labute approximate surface area is 171 Å². The van der Waals surface area contributed by atoms with Crippen molar-refractivity contribution in [3.8, 4) is 5.75 Å². The van der Waals surface area contributed by atoms with Gasteiger partial charge in [-0.3, -0.25) is 4.79 Å². The van der Waals surface area contributed by atoms with E-state index < -0.39 is 40.0 Å². The van der Waals surface area contributed by atoms with Crippen molar-refractivity contribution in [1.82, 2.24) is 4.31 Å². The fourth-order valence-electron chi connectivity index (χ4n) is 2.26. The summed E-state index contributed by atoms with van der Waals surface area (Å²) in [6.45, 7) is -0.348. The Morgan fingerprint density at radius 1 is 1.17 bits per heavy atom. The summed E-state index contributed by atoms with van der Waals surface area (Å²) >= 11 is 5.60. The molecule has 6 nitrogen and oxygen atoms in total. The summed E-state index contributed by atoms with van der Waals surface area (Å²) in [6, 6.07) is 9.33. The topological polar surface area (TPSA) is 75.7 Å². The Balaban J connectivity index is 1.97. The molecule has 0 saturated carbocycles. The van der Waals surface area contributed by atoms with Gasteiger partial charge in [0.15, 0.2) is 6.61 Å². The SMILES string of the molecule is CN(Cc1ccc(OCC(=O)Nc2ccc(Cl)cc2C(F)(F)F)cc1)S(C)(=O)=O. The molecule has 0 saturated heterocycles. The van der Waals surface area contributed by atoms with Crippen LogP contribution < -0.4 is 10.1 Å². The van der Waals surface area contributed by atoms with E-state index in [1.807, 2.05) is 0 Å². The van der Waals surface area contributed by atoms with Gasteiger partial charge in [-0.05, 0) is 35.9 Å². The summed E-state index contributed by atoms with van der Waals surface area (Å²) in [7, 11) is -1.88. The van der Waals surface area contributed by atoms with Crippen molar-refractivity contribution in [3.05, 3.63) is 58.6 Å². The summed E-state index contributed by atoms with van der Waals surface area (Å²) in [6.07, 6.45) is -3.59. The Hall–Kier alpha value is -2.30. The van der Waals surface area contributed by atoms with E-state index in [0.29, 0.717) is 11.3 Å². The fourth-order valence-corrected chi connectivity index (χ4v) is 2.82. The molecule has 0 heterocycles. The van der Waals surface area contributed by atoms with E-state index in [0.717, 1.165) is 18.4 Å². The van der Waals surface area contributed by atoms with Gasteiger partial charge in [0, 0.05) is 18.6 Å². The minimum Gasteiger partial charge on any atom is -0.484 e. The summed E-state index contributed by atoms with van der Waals surface area (Å²) in [5.41, 5.74) is -0.780. The molecule has 0 atom stereocenters. The van der Waals surface area contributed by atoms with Crippen LogP contribution in [0, 0.1) is 0 Å². The summed E-state index contributed by atoms with van der Waals surface area (Å²) in [5.74, 6) is -0.475. The van der Waals surface area contributed by atoms with Crippen molar-refractivity contribution in [2.75, 3.05) is 25.2 Å². The van der Waals surface area contributed by atoms with E-state index in [2.05, 4.69) is 5.32 Å². The zero-order chi connectivity index (χ0) is 21.8. The monoisotopic (exact) mass is 450 g/mol. The van der Waals surface area contributed by atoms with Crippen LogP contribution in [0.1, 0.15) is 11.1 Å². The molecular weight excluding hydrogens is 433 g/mol. The molecule has 0 unspecified atom stereocenters. The number of sulfonamides is 1. The van der Waals surface area contributed by atoms with E-state index in [4.69, 9.17) is 16.3 Å². The summed E-state index contributed by atoms with van der Waals surface area (Å²) < 4.78 is 68.4. The number of nitrogens with zero attached hydrogens (tertiary/aromatic N) is 1. The lowest BCUT2D eigenvalue weighted by molar-refractivity contribution is -0.137. The number of carbonyl (C=O) groups is 1. The largest absolute Gasteiger partial charge is 0.484 e. The molecule has 11 heteroatoms. The van der Waals surface area contributed by atoms with Crippen LogP contribution in [0.5, 0.6) is 5.75 Å². The molecule has 0 radical (unpaired) electrons. The van der Waals surface area contributed by atoms with Gasteiger partial charge in [-0.1, -0.05) is 23.7 Å². The molecule has 0 spiro atoms. The third kappa shape index (κ3) is 6.91.